The Hall–Kier alpha value is -4.83. The molecule has 0 radical (unpaired) electrons. The normalized spacial score (nSPS) is 10.3. The SMILES string of the molecule is O=C(Cc1ccccc1)Nc1ccc(NC(=S)NC(=O)c2ccc(-c3cccc([N+](=O)[O-])c3)o2)cc1. The number of non-ortho nitro benzene ring substituents is 1. The van der Waals surface area contributed by atoms with E-state index in [1.54, 1.807) is 36.4 Å². The van der Waals surface area contributed by atoms with E-state index in [-0.39, 0.29) is 28.9 Å². The van der Waals surface area contributed by atoms with Gasteiger partial charge in [-0.15, -0.1) is 0 Å². The third-order valence-corrected chi connectivity index (χ3v) is 5.24. The predicted octanol–water partition coefficient (Wildman–Crippen LogP) is 5.16. The van der Waals surface area contributed by atoms with E-state index in [0.29, 0.717) is 22.7 Å². The van der Waals surface area contributed by atoms with Crippen molar-refractivity contribution in [1.29, 1.82) is 0 Å². The van der Waals surface area contributed by atoms with Crippen molar-refractivity contribution in [2.75, 3.05) is 10.6 Å². The highest BCUT2D eigenvalue weighted by Crippen LogP contribution is 2.25. The van der Waals surface area contributed by atoms with E-state index < -0.39 is 10.8 Å². The summed E-state index contributed by atoms with van der Waals surface area (Å²) in [5, 5.41) is 19.3. The second-order valence-electron chi connectivity index (χ2n) is 7.67. The fourth-order valence-corrected chi connectivity index (χ4v) is 3.55. The molecule has 9 nitrogen and oxygen atoms in total. The van der Waals surface area contributed by atoms with Gasteiger partial charge < -0.3 is 15.1 Å². The molecule has 1 heterocycles. The minimum Gasteiger partial charge on any atom is -0.451 e. The maximum atomic E-state index is 12.5. The Balaban J connectivity index is 1.30. The van der Waals surface area contributed by atoms with Crippen LogP contribution in [0.3, 0.4) is 0 Å². The van der Waals surface area contributed by atoms with Crippen LogP contribution in [0, 0.1) is 10.1 Å². The van der Waals surface area contributed by atoms with E-state index >= 15 is 0 Å². The second kappa shape index (κ2) is 11.1. The first kappa shape index (κ1) is 24.3. The smallest absolute Gasteiger partial charge is 0.293 e. The zero-order valence-corrected chi connectivity index (χ0v) is 19.6. The topological polar surface area (TPSA) is 127 Å². The molecule has 0 bridgehead atoms. The summed E-state index contributed by atoms with van der Waals surface area (Å²) in [6, 6.07) is 25.2. The average molecular weight is 501 g/mol. The number of carbonyl (C=O) groups is 2. The van der Waals surface area contributed by atoms with E-state index in [4.69, 9.17) is 16.6 Å². The number of furan rings is 1. The van der Waals surface area contributed by atoms with Crippen LogP contribution in [0.2, 0.25) is 0 Å². The summed E-state index contributed by atoms with van der Waals surface area (Å²) in [6.45, 7) is 0. The van der Waals surface area contributed by atoms with Gasteiger partial charge in [0.05, 0.1) is 11.3 Å². The quantitative estimate of drug-likeness (QED) is 0.182. The lowest BCUT2D eigenvalue weighted by Crippen LogP contribution is -2.33. The van der Waals surface area contributed by atoms with Crippen LogP contribution in [0.1, 0.15) is 16.1 Å². The largest absolute Gasteiger partial charge is 0.451 e. The van der Waals surface area contributed by atoms with E-state index in [1.165, 1.54) is 24.3 Å². The Bertz CT molecular complexity index is 1420. The Morgan fingerprint density at radius 2 is 1.56 bits per heavy atom. The van der Waals surface area contributed by atoms with Gasteiger partial charge in [0.15, 0.2) is 10.9 Å². The van der Waals surface area contributed by atoms with Gasteiger partial charge in [0.2, 0.25) is 5.91 Å². The summed E-state index contributed by atoms with van der Waals surface area (Å²) < 4.78 is 5.55. The van der Waals surface area contributed by atoms with Gasteiger partial charge in [-0.1, -0.05) is 42.5 Å². The molecule has 3 N–H and O–H groups in total. The van der Waals surface area contributed by atoms with Crippen LogP contribution in [-0.2, 0) is 11.2 Å². The van der Waals surface area contributed by atoms with Gasteiger partial charge in [-0.25, -0.2) is 0 Å². The molecule has 3 aromatic carbocycles. The van der Waals surface area contributed by atoms with Crippen LogP contribution < -0.4 is 16.0 Å². The van der Waals surface area contributed by atoms with E-state index in [0.717, 1.165) is 5.56 Å². The molecule has 0 atom stereocenters. The van der Waals surface area contributed by atoms with Crippen molar-refractivity contribution in [3.05, 3.63) is 112 Å². The zero-order valence-electron chi connectivity index (χ0n) is 18.8. The Kier molecular flexibility index (Phi) is 7.47. The zero-order chi connectivity index (χ0) is 25.5. The summed E-state index contributed by atoms with van der Waals surface area (Å²) in [5.74, 6) is -0.397. The first-order valence-electron chi connectivity index (χ1n) is 10.8. The van der Waals surface area contributed by atoms with Gasteiger partial charge in [0.25, 0.3) is 11.6 Å². The molecule has 180 valence electrons. The Labute approximate surface area is 211 Å². The number of nitro benzene ring substituents is 1. The molecule has 0 aliphatic carbocycles. The highest BCUT2D eigenvalue weighted by molar-refractivity contribution is 7.80. The number of hydrogen-bond donors (Lipinski definition) is 3. The lowest BCUT2D eigenvalue weighted by molar-refractivity contribution is -0.384. The summed E-state index contributed by atoms with van der Waals surface area (Å²) in [6.07, 6.45) is 0.270. The van der Waals surface area contributed by atoms with Crippen molar-refractivity contribution < 1.29 is 18.9 Å². The molecule has 0 saturated carbocycles. The predicted molar refractivity (Wildman–Crippen MR) is 140 cm³/mol. The van der Waals surface area contributed by atoms with Crippen LogP contribution in [0.4, 0.5) is 17.1 Å². The van der Waals surface area contributed by atoms with Crippen LogP contribution in [0.5, 0.6) is 0 Å². The first-order chi connectivity index (χ1) is 17.4. The molecule has 4 rings (SSSR count). The number of nitrogens with zero attached hydrogens (tertiary/aromatic N) is 1. The third kappa shape index (κ3) is 6.39. The van der Waals surface area contributed by atoms with Crippen molar-refractivity contribution in [1.82, 2.24) is 5.32 Å². The number of thiocarbonyl (C=S) groups is 1. The fourth-order valence-electron chi connectivity index (χ4n) is 3.34. The van der Waals surface area contributed by atoms with E-state index in [1.807, 2.05) is 30.3 Å². The third-order valence-electron chi connectivity index (χ3n) is 5.03. The molecule has 10 heteroatoms. The number of carbonyl (C=O) groups excluding carboxylic acids is 2. The Morgan fingerprint density at radius 1 is 0.861 bits per heavy atom. The minimum absolute atomic E-state index is 0.00266. The molecule has 4 aromatic rings. The van der Waals surface area contributed by atoms with E-state index in [9.17, 15) is 19.7 Å². The Morgan fingerprint density at radius 3 is 2.25 bits per heavy atom. The molecular formula is C26H20N4O5S. The maximum absolute atomic E-state index is 12.5. The van der Waals surface area contributed by atoms with Gasteiger partial charge >= 0.3 is 0 Å². The molecular weight excluding hydrogens is 480 g/mol. The van der Waals surface area contributed by atoms with Crippen LogP contribution >= 0.6 is 12.2 Å². The molecule has 0 unspecified atom stereocenters. The monoisotopic (exact) mass is 500 g/mol. The minimum atomic E-state index is -0.575. The number of nitro groups is 1. The lowest BCUT2D eigenvalue weighted by Gasteiger charge is -2.10. The standard InChI is InChI=1S/C26H20N4O5S/c31-24(15-17-5-2-1-3-6-17)27-19-9-11-20(12-10-19)28-26(36)29-25(32)23-14-13-22(35-23)18-7-4-8-21(16-18)30(33)34/h1-14,16H,15H2,(H,27,31)(H2,28,29,32,36). The van der Waals surface area contributed by atoms with Gasteiger partial charge in [0.1, 0.15) is 5.76 Å². The summed E-state index contributed by atoms with van der Waals surface area (Å²) in [4.78, 5) is 35.2. The molecule has 0 saturated heterocycles. The van der Waals surface area contributed by atoms with Crippen molar-refractivity contribution in [2.45, 2.75) is 6.42 Å². The highest BCUT2D eigenvalue weighted by atomic mass is 32.1. The number of nitrogens with one attached hydrogen (secondary N) is 3. The van der Waals surface area contributed by atoms with Crippen LogP contribution in [-0.4, -0.2) is 21.9 Å². The summed E-state index contributed by atoms with van der Waals surface area (Å²) in [5.41, 5.74) is 2.55. The number of anilines is 2. The molecule has 1 aromatic heterocycles. The molecule has 36 heavy (non-hydrogen) atoms. The first-order valence-corrected chi connectivity index (χ1v) is 11.2. The average Bonchev–Trinajstić information content (AvgIpc) is 3.36. The molecule has 0 aliphatic heterocycles. The van der Waals surface area contributed by atoms with Crippen molar-refractivity contribution in [3.8, 4) is 11.3 Å². The molecule has 0 fully saturated rings. The van der Waals surface area contributed by atoms with Gasteiger partial charge in [0, 0.05) is 29.1 Å². The number of hydrogen-bond acceptors (Lipinski definition) is 6. The molecule has 0 aliphatic rings. The van der Waals surface area contributed by atoms with Crippen LogP contribution in [0.25, 0.3) is 11.3 Å². The fraction of sp³-hybridized carbons (Fsp3) is 0.0385. The van der Waals surface area contributed by atoms with Crippen LogP contribution in [0.15, 0.2) is 95.4 Å². The second-order valence-corrected chi connectivity index (χ2v) is 8.08. The molecule has 2 amide bonds. The van der Waals surface area contributed by atoms with Crippen molar-refractivity contribution in [3.63, 3.8) is 0 Å². The number of benzene rings is 3. The summed E-state index contributed by atoms with van der Waals surface area (Å²) in [7, 11) is 0. The number of amides is 2. The van der Waals surface area contributed by atoms with Crippen molar-refractivity contribution in [2.24, 2.45) is 0 Å². The van der Waals surface area contributed by atoms with E-state index in [2.05, 4.69) is 16.0 Å². The number of rotatable bonds is 7. The van der Waals surface area contributed by atoms with Gasteiger partial charge in [-0.2, -0.15) is 0 Å². The molecule has 0 spiro atoms. The van der Waals surface area contributed by atoms with Crippen molar-refractivity contribution >= 4 is 46.2 Å². The van der Waals surface area contributed by atoms with Gasteiger partial charge in [-0.05, 0) is 54.2 Å². The highest BCUT2D eigenvalue weighted by Gasteiger charge is 2.15. The van der Waals surface area contributed by atoms with Gasteiger partial charge in [-0.3, -0.25) is 25.0 Å². The maximum Gasteiger partial charge on any atom is 0.293 e. The lowest BCUT2D eigenvalue weighted by atomic mass is 10.1. The summed E-state index contributed by atoms with van der Waals surface area (Å²) >= 11 is 5.20.